The van der Waals surface area contributed by atoms with Crippen LogP contribution >= 0.6 is 27.5 Å². The number of hydrogen-bond donors (Lipinski definition) is 1. The lowest BCUT2D eigenvalue weighted by molar-refractivity contribution is 0.219. The number of aliphatic hydroxyl groups is 1. The summed E-state index contributed by atoms with van der Waals surface area (Å²) in [7, 11) is 3.09. The van der Waals surface area contributed by atoms with Gasteiger partial charge in [-0.2, -0.15) is 0 Å². The third-order valence-corrected chi connectivity index (χ3v) is 4.51. The van der Waals surface area contributed by atoms with Gasteiger partial charge in [-0.25, -0.2) is 0 Å². The summed E-state index contributed by atoms with van der Waals surface area (Å²) in [5, 5.41) is 11.0. The lowest BCUT2D eigenvalue weighted by atomic mass is 9.99. The van der Waals surface area contributed by atoms with Crippen LogP contribution in [0.2, 0.25) is 5.02 Å². The van der Waals surface area contributed by atoms with Gasteiger partial charge in [-0.05, 0) is 30.2 Å². The van der Waals surface area contributed by atoms with Crippen LogP contribution in [0.5, 0.6) is 11.5 Å². The Balaban J connectivity index is 2.47. The molecule has 0 bridgehead atoms. The Morgan fingerprint density at radius 2 is 1.71 bits per heavy atom. The summed E-state index contributed by atoms with van der Waals surface area (Å²) < 4.78 is 11.5. The quantitative estimate of drug-likeness (QED) is 0.859. The number of halogens is 2. The van der Waals surface area contributed by atoms with E-state index in [4.69, 9.17) is 21.1 Å². The number of aryl methyl sites for hydroxylation is 1. The Labute approximate surface area is 137 Å². The summed E-state index contributed by atoms with van der Waals surface area (Å²) in [5.41, 5.74) is 2.39. The van der Waals surface area contributed by atoms with E-state index in [-0.39, 0.29) is 0 Å². The molecule has 2 aromatic carbocycles. The van der Waals surface area contributed by atoms with Crippen LogP contribution in [0.25, 0.3) is 0 Å². The second-order valence-electron chi connectivity index (χ2n) is 4.64. The lowest BCUT2D eigenvalue weighted by Gasteiger charge is -2.17. The maximum atomic E-state index is 10.6. The van der Waals surface area contributed by atoms with Gasteiger partial charge in [-0.1, -0.05) is 39.7 Å². The molecule has 1 atom stereocenters. The first-order valence-corrected chi connectivity index (χ1v) is 7.50. The molecule has 3 nitrogen and oxygen atoms in total. The van der Waals surface area contributed by atoms with Crippen LogP contribution in [-0.4, -0.2) is 19.3 Å². The number of ether oxygens (including phenoxy) is 2. The maximum Gasteiger partial charge on any atom is 0.162 e. The molecule has 0 aliphatic heterocycles. The zero-order chi connectivity index (χ0) is 15.6. The van der Waals surface area contributed by atoms with Gasteiger partial charge in [0.1, 0.15) is 6.10 Å². The summed E-state index contributed by atoms with van der Waals surface area (Å²) in [4.78, 5) is 0. The fourth-order valence-electron chi connectivity index (χ4n) is 2.10. The van der Waals surface area contributed by atoms with Crippen LogP contribution in [-0.2, 0) is 0 Å². The molecule has 21 heavy (non-hydrogen) atoms. The summed E-state index contributed by atoms with van der Waals surface area (Å²) in [6, 6.07) is 9.02. The highest BCUT2D eigenvalue weighted by atomic mass is 79.9. The summed E-state index contributed by atoms with van der Waals surface area (Å²) in [6.07, 6.45) is -0.830. The molecule has 0 fully saturated rings. The second kappa shape index (κ2) is 6.69. The van der Waals surface area contributed by atoms with Crippen LogP contribution in [0.15, 0.2) is 34.8 Å². The van der Waals surface area contributed by atoms with Gasteiger partial charge in [0.2, 0.25) is 0 Å². The van der Waals surface area contributed by atoms with Crippen LogP contribution in [0.4, 0.5) is 0 Å². The first-order chi connectivity index (χ1) is 9.97. The second-order valence-corrected chi connectivity index (χ2v) is 5.90. The minimum Gasteiger partial charge on any atom is -0.493 e. The summed E-state index contributed by atoms with van der Waals surface area (Å²) in [6.45, 7) is 1.97. The van der Waals surface area contributed by atoms with Crippen molar-refractivity contribution < 1.29 is 14.6 Å². The molecule has 2 aromatic rings. The Kier molecular flexibility index (Phi) is 5.14. The average molecular weight is 372 g/mol. The van der Waals surface area contributed by atoms with Gasteiger partial charge in [0.05, 0.1) is 19.2 Å². The van der Waals surface area contributed by atoms with Crippen molar-refractivity contribution >= 4 is 27.5 Å². The Bertz CT molecular complexity index is 658. The SMILES string of the molecule is COc1cc(Cl)c(C(O)c2ccc(Br)c(C)c2)cc1OC. The van der Waals surface area contributed by atoms with Crippen molar-refractivity contribution in [1.29, 1.82) is 0 Å². The number of aliphatic hydroxyl groups excluding tert-OH is 1. The zero-order valence-electron chi connectivity index (χ0n) is 12.0. The average Bonchev–Trinajstić information content (AvgIpc) is 2.49. The van der Waals surface area contributed by atoms with Crippen molar-refractivity contribution in [2.45, 2.75) is 13.0 Å². The molecule has 0 spiro atoms. The third kappa shape index (κ3) is 3.34. The van der Waals surface area contributed by atoms with E-state index < -0.39 is 6.10 Å². The van der Waals surface area contributed by atoms with E-state index in [1.54, 1.807) is 26.4 Å². The lowest BCUT2D eigenvalue weighted by Crippen LogP contribution is -2.03. The van der Waals surface area contributed by atoms with E-state index in [0.29, 0.717) is 22.1 Å². The molecule has 0 aromatic heterocycles. The van der Waals surface area contributed by atoms with Gasteiger partial charge in [-0.3, -0.25) is 0 Å². The summed E-state index contributed by atoms with van der Waals surface area (Å²) >= 11 is 9.69. The molecular weight excluding hydrogens is 356 g/mol. The molecule has 0 aliphatic rings. The van der Waals surface area contributed by atoms with Crippen molar-refractivity contribution in [3.63, 3.8) is 0 Å². The van der Waals surface area contributed by atoms with Crippen molar-refractivity contribution in [3.8, 4) is 11.5 Å². The van der Waals surface area contributed by atoms with E-state index in [1.165, 1.54) is 0 Å². The predicted octanol–water partition coefficient (Wildman–Crippen LogP) is 4.51. The smallest absolute Gasteiger partial charge is 0.162 e. The van der Waals surface area contributed by atoms with E-state index in [2.05, 4.69) is 15.9 Å². The van der Waals surface area contributed by atoms with Crippen molar-refractivity contribution in [2.75, 3.05) is 14.2 Å². The van der Waals surface area contributed by atoms with Crippen molar-refractivity contribution in [1.82, 2.24) is 0 Å². The molecule has 0 amide bonds. The minimum atomic E-state index is -0.830. The van der Waals surface area contributed by atoms with E-state index >= 15 is 0 Å². The first-order valence-electron chi connectivity index (χ1n) is 6.33. The van der Waals surface area contributed by atoms with Crippen LogP contribution in [0, 0.1) is 6.92 Å². The molecule has 0 heterocycles. The third-order valence-electron chi connectivity index (χ3n) is 3.30. The Morgan fingerprint density at radius 1 is 1.10 bits per heavy atom. The predicted molar refractivity (Wildman–Crippen MR) is 87.5 cm³/mol. The normalized spacial score (nSPS) is 12.1. The van der Waals surface area contributed by atoms with E-state index in [0.717, 1.165) is 15.6 Å². The first kappa shape index (κ1) is 16.1. The highest BCUT2D eigenvalue weighted by Crippen LogP contribution is 2.38. The van der Waals surface area contributed by atoms with Crippen molar-refractivity contribution in [3.05, 3.63) is 56.5 Å². The minimum absolute atomic E-state index is 0.431. The van der Waals surface area contributed by atoms with Gasteiger partial charge in [0, 0.05) is 16.1 Å². The molecule has 1 unspecified atom stereocenters. The van der Waals surface area contributed by atoms with Crippen LogP contribution in [0.1, 0.15) is 22.8 Å². The molecule has 0 saturated carbocycles. The fraction of sp³-hybridized carbons (Fsp3) is 0.250. The topological polar surface area (TPSA) is 38.7 Å². The fourth-order valence-corrected chi connectivity index (χ4v) is 2.60. The monoisotopic (exact) mass is 370 g/mol. The molecule has 5 heteroatoms. The molecule has 2 rings (SSSR count). The standard InChI is InChI=1S/C16H16BrClO3/c1-9-6-10(4-5-12(9)17)16(19)11-7-14(20-2)15(21-3)8-13(11)18/h4-8,16,19H,1-3H3. The van der Waals surface area contributed by atoms with Gasteiger partial charge in [0.15, 0.2) is 11.5 Å². The Hall–Kier alpha value is -1.23. The Morgan fingerprint density at radius 3 is 2.29 bits per heavy atom. The molecule has 1 N–H and O–H groups in total. The highest BCUT2D eigenvalue weighted by molar-refractivity contribution is 9.10. The van der Waals surface area contributed by atoms with Gasteiger partial charge < -0.3 is 14.6 Å². The molecule has 0 aliphatic carbocycles. The van der Waals surface area contributed by atoms with E-state index in [1.807, 2.05) is 25.1 Å². The van der Waals surface area contributed by atoms with E-state index in [9.17, 15) is 5.11 Å². The number of rotatable bonds is 4. The van der Waals surface area contributed by atoms with Crippen LogP contribution < -0.4 is 9.47 Å². The highest BCUT2D eigenvalue weighted by Gasteiger charge is 2.18. The number of hydrogen-bond acceptors (Lipinski definition) is 3. The zero-order valence-corrected chi connectivity index (χ0v) is 14.3. The summed E-state index contributed by atoms with van der Waals surface area (Å²) in [5.74, 6) is 1.07. The molecule has 112 valence electrons. The largest absolute Gasteiger partial charge is 0.493 e. The van der Waals surface area contributed by atoms with Crippen molar-refractivity contribution in [2.24, 2.45) is 0 Å². The van der Waals surface area contributed by atoms with Gasteiger partial charge in [-0.15, -0.1) is 0 Å². The molecule has 0 saturated heterocycles. The maximum absolute atomic E-state index is 10.6. The number of benzene rings is 2. The van der Waals surface area contributed by atoms with Gasteiger partial charge in [0.25, 0.3) is 0 Å². The van der Waals surface area contributed by atoms with Gasteiger partial charge >= 0.3 is 0 Å². The molecular formula is C16H16BrClO3. The molecule has 0 radical (unpaired) electrons. The van der Waals surface area contributed by atoms with Crippen LogP contribution in [0.3, 0.4) is 0 Å². The number of methoxy groups -OCH3 is 2.